The number of esters is 1. The van der Waals surface area contributed by atoms with Gasteiger partial charge in [-0.3, -0.25) is 9.69 Å². The molecule has 0 radical (unpaired) electrons. The highest BCUT2D eigenvalue weighted by Crippen LogP contribution is 2.25. The second-order valence-corrected chi connectivity index (χ2v) is 9.30. The molecule has 10 heteroatoms. The number of nitrogens with zero attached hydrogens (tertiary/aromatic N) is 3. The molecule has 1 fully saturated rings. The summed E-state index contributed by atoms with van der Waals surface area (Å²) in [5.74, 6) is 0.459. The van der Waals surface area contributed by atoms with Gasteiger partial charge in [-0.25, -0.2) is 4.79 Å². The minimum atomic E-state index is -0.483. The molecule has 3 aromatic rings. The van der Waals surface area contributed by atoms with Gasteiger partial charge in [-0.1, -0.05) is 32.7 Å². The van der Waals surface area contributed by atoms with Crippen LogP contribution in [0.2, 0.25) is 5.02 Å². The van der Waals surface area contributed by atoms with E-state index in [2.05, 4.69) is 36.3 Å². The molecule has 2 aromatic carbocycles. The summed E-state index contributed by atoms with van der Waals surface area (Å²) in [6.07, 6.45) is 1.43. The molecule has 1 amide bonds. The average molecular weight is 548 g/mol. The molecule has 0 spiro atoms. The van der Waals surface area contributed by atoms with Gasteiger partial charge in [-0.2, -0.15) is 4.98 Å². The van der Waals surface area contributed by atoms with Crippen LogP contribution in [-0.4, -0.2) is 46.6 Å². The Bertz CT molecular complexity index is 1160. The van der Waals surface area contributed by atoms with Crippen molar-refractivity contribution in [3.8, 4) is 11.4 Å². The molecule has 1 aromatic heterocycles. The quantitative estimate of drug-likeness (QED) is 0.407. The maximum absolute atomic E-state index is 12.7. The van der Waals surface area contributed by atoms with E-state index in [1.54, 1.807) is 25.1 Å². The number of anilines is 1. The van der Waals surface area contributed by atoms with E-state index in [9.17, 15) is 9.59 Å². The molecule has 1 aliphatic heterocycles. The summed E-state index contributed by atoms with van der Waals surface area (Å²) in [6.45, 7) is 4.04. The number of nitrogens with one attached hydrogen (secondary N) is 1. The van der Waals surface area contributed by atoms with Gasteiger partial charge < -0.3 is 14.6 Å². The summed E-state index contributed by atoms with van der Waals surface area (Å²) in [7, 11) is 0. The van der Waals surface area contributed by atoms with Gasteiger partial charge in [0.15, 0.2) is 0 Å². The third-order valence-electron chi connectivity index (χ3n) is 5.62. The number of hydrogen-bond acceptors (Lipinski definition) is 7. The van der Waals surface area contributed by atoms with Crippen LogP contribution in [0.5, 0.6) is 0 Å². The molecule has 1 aliphatic rings. The first-order chi connectivity index (χ1) is 16.4. The van der Waals surface area contributed by atoms with Crippen molar-refractivity contribution in [2.24, 2.45) is 5.92 Å². The van der Waals surface area contributed by atoms with Crippen molar-refractivity contribution in [1.29, 1.82) is 0 Å². The Hall–Kier alpha value is -2.75. The fourth-order valence-corrected chi connectivity index (χ4v) is 4.31. The number of rotatable bonds is 7. The van der Waals surface area contributed by atoms with Crippen molar-refractivity contribution in [3.63, 3.8) is 0 Å². The lowest BCUT2D eigenvalue weighted by Crippen LogP contribution is -2.37. The number of aromatic nitrogens is 2. The summed E-state index contributed by atoms with van der Waals surface area (Å²) in [6, 6.07) is 12.5. The maximum Gasteiger partial charge on any atom is 0.339 e. The number of benzene rings is 2. The summed E-state index contributed by atoms with van der Waals surface area (Å²) in [5, 5.41) is 7.22. The van der Waals surface area contributed by atoms with Gasteiger partial charge in [-0.15, -0.1) is 0 Å². The number of carbonyl (C=O) groups is 2. The number of carbonyl (C=O) groups excluding carboxylic acids is 2. The molecule has 2 heterocycles. The third kappa shape index (κ3) is 6.02. The topological polar surface area (TPSA) is 97.6 Å². The Morgan fingerprint density at radius 3 is 2.62 bits per heavy atom. The zero-order chi connectivity index (χ0) is 24.1. The van der Waals surface area contributed by atoms with Crippen molar-refractivity contribution >= 4 is 45.1 Å². The molecular formula is C24H24BrClN4O4. The number of piperidine rings is 1. The Labute approximate surface area is 210 Å². The number of amides is 1. The van der Waals surface area contributed by atoms with E-state index >= 15 is 0 Å². The number of ether oxygens (including phenoxy) is 1. The van der Waals surface area contributed by atoms with Crippen LogP contribution in [0.1, 0.15) is 36.0 Å². The van der Waals surface area contributed by atoms with Crippen molar-refractivity contribution in [1.82, 2.24) is 15.0 Å². The van der Waals surface area contributed by atoms with Gasteiger partial charge in [0.25, 0.3) is 0 Å². The van der Waals surface area contributed by atoms with Crippen molar-refractivity contribution in [2.45, 2.75) is 26.3 Å². The predicted molar refractivity (Wildman–Crippen MR) is 131 cm³/mol. The molecule has 0 unspecified atom stereocenters. The molecule has 34 heavy (non-hydrogen) atoms. The molecule has 4 rings (SSSR count). The third-order valence-corrected chi connectivity index (χ3v) is 6.46. The van der Waals surface area contributed by atoms with Gasteiger partial charge in [-0.05, 0) is 75.3 Å². The fraction of sp³-hybridized carbons (Fsp3) is 0.333. The van der Waals surface area contributed by atoms with Gasteiger partial charge in [0, 0.05) is 21.6 Å². The highest BCUT2D eigenvalue weighted by atomic mass is 79.9. The highest BCUT2D eigenvalue weighted by molar-refractivity contribution is 9.10. The monoisotopic (exact) mass is 546 g/mol. The zero-order valence-electron chi connectivity index (χ0n) is 18.6. The predicted octanol–water partition coefficient (Wildman–Crippen LogP) is 5.18. The molecule has 0 bridgehead atoms. The summed E-state index contributed by atoms with van der Waals surface area (Å²) < 4.78 is 11.4. The number of hydrogen-bond donors (Lipinski definition) is 1. The van der Waals surface area contributed by atoms with Gasteiger partial charge in [0.2, 0.25) is 17.6 Å². The maximum atomic E-state index is 12.7. The van der Waals surface area contributed by atoms with Crippen molar-refractivity contribution in [3.05, 3.63) is 63.4 Å². The average Bonchev–Trinajstić information content (AvgIpc) is 3.28. The normalized spacial score (nSPS) is 14.7. The lowest BCUT2D eigenvalue weighted by Gasteiger charge is -2.30. The zero-order valence-corrected chi connectivity index (χ0v) is 20.9. The van der Waals surface area contributed by atoms with Crippen LogP contribution in [0, 0.1) is 5.92 Å². The first-order valence-electron chi connectivity index (χ1n) is 11.0. The number of likely N-dealkylation sites (tertiary alicyclic amines) is 1. The Balaban J connectivity index is 1.27. The SMILES string of the molecule is CCOC(=O)c1ccc(NC(=O)C2CCN(Cc3nc(-c4ccc(Br)cc4)no3)CC2)cc1Cl. The van der Waals surface area contributed by atoms with Crippen LogP contribution in [0.15, 0.2) is 51.5 Å². The Morgan fingerprint density at radius 1 is 1.21 bits per heavy atom. The molecular weight excluding hydrogens is 524 g/mol. The van der Waals surface area contributed by atoms with Gasteiger partial charge >= 0.3 is 5.97 Å². The van der Waals surface area contributed by atoms with Gasteiger partial charge in [0.05, 0.1) is 23.7 Å². The smallest absolute Gasteiger partial charge is 0.339 e. The van der Waals surface area contributed by atoms with Gasteiger partial charge in [0.1, 0.15) is 0 Å². The van der Waals surface area contributed by atoms with Crippen LogP contribution in [0.4, 0.5) is 5.69 Å². The van der Waals surface area contributed by atoms with Crippen LogP contribution in [-0.2, 0) is 16.1 Å². The molecule has 0 atom stereocenters. The Kier molecular flexibility index (Phi) is 7.97. The molecule has 0 aliphatic carbocycles. The minimum Gasteiger partial charge on any atom is -0.462 e. The van der Waals surface area contributed by atoms with E-state index in [4.69, 9.17) is 20.9 Å². The van der Waals surface area contributed by atoms with E-state index < -0.39 is 5.97 Å². The first-order valence-corrected chi connectivity index (χ1v) is 12.2. The van der Waals surface area contributed by atoms with Crippen molar-refractivity contribution in [2.75, 3.05) is 25.0 Å². The second kappa shape index (κ2) is 11.1. The minimum absolute atomic E-state index is 0.0603. The highest BCUT2D eigenvalue weighted by Gasteiger charge is 2.26. The van der Waals surface area contributed by atoms with E-state index in [-0.39, 0.29) is 29.0 Å². The van der Waals surface area contributed by atoms with E-state index in [1.165, 1.54) is 0 Å². The molecule has 1 saturated heterocycles. The molecule has 0 saturated carbocycles. The van der Waals surface area contributed by atoms with Crippen LogP contribution >= 0.6 is 27.5 Å². The summed E-state index contributed by atoms with van der Waals surface area (Å²) in [5.41, 5.74) is 1.72. The Morgan fingerprint density at radius 2 is 1.94 bits per heavy atom. The standard InChI is InChI=1S/C24H24BrClN4O4/c1-2-33-24(32)19-8-7-18(13-20(19)26)27-23(31)16-9-11-30(12-10-16)14-21-28-22(29-34-21)15-3-5-17(25)6-4-15/h3-8,13,16H,2,9-12,14H2,1H3,(H,27,31). The first kappa shape index (κ1) is 24.4. The van der Waals surface area contributed by atoms with E-state index in [0.717, 1.165) is 23.1 Å². The van der Waals surface area contributed by atoms with Crippen molar-refractivity contribution < 1.29 is 18.8 Å². The molecule has 178 valence electrons. The molecule has 8 nitrogen and oxygen atoms in total. The lowest BCUT2D eigenvalue weighted by molar-refractivity contribution is -0.121. The second-order valence-electron chi connectivity index (χ2n) is 7.97. The van der Waals surface area contributed by atoms with E-state index in [0.29, 0.717) is 36.8 Å². The van der Waals surface area contributed by atoms with Crippen LogP contribution in [0.25, 0.3) is 11.4 Å². The largest absolute Gasteiger partial charge is 0.462 e. The fourth-order valence-electron chi connectivity index (χ4n) is 3.79. The number of halogens is 2. The van der Waals surface area contributed by atoms with E-state index in [1.807, 2.05) is 24.3 Å². The summed E-state index contributed by atoms with van der Waals surface area (Å²) in [4.78, 5) is 31.3. The lowest BCUT2D eigenvalue weighted by atomic mass is 9.96. The summed E-state index contributed by atoms with van der Waals surface area (Å²) >= 11 is 9.61. The van der Waals surface area contributed by atoms with Crippen LogP contribution in [0.3, 0.4) is 0 Å². The molecule has 1 N–H and O–H groups in total. The van der Waals surface area contributed by atoms with Crippen LogP contribution < -0.4 is 5.32 Å².